The van der Waals surface area contributed by atoms with Gasteiger partial charge in [0.25, 0.3) is 0 Å². The van der Waals surface area contributed by atoms with Crippen LogP contribution in [0.4, 0.5) is 0 Å². The number of rotatable bonds is 8. The highest BCUT2D eigenvalue weighted by molar-refractivity contribution is 5.01. The van der Waals surface area contributed by atoms with E-state index in [9.17, 15) is 0 Å². The number of nitrogens with one attached hydrogen (secondary N) is 1. The molecule has 14 heavy (non-hydrogen) atoms. The summed E-state index contributed by atoms with van der Waals surface area (Å²) in [6.45, 7) is 14.1. The summed E-state index contributed by atoms with van der Waals surface area (Å²) in [5, 5.41) is 3.42. The van der Waals surface area contributed by atoms with E-state index in [1.807, 2.05) is 13.0 Å². The maximum Gasteiger partial charge on any atom is 0.0864 e. The summed E-state index contributed by atoms with van der Waals surface area (Å²) in [6.07, 6.45) is 3.99. The van der Waals surface area contributed by atoms with Crippen LogP contribution in [0, 0.1) is 0 Å². The molecule has 0 aromatic rings. The zero-order chi connectivity index (χ0) is 11.0. The van der Waals surface area contributed by atoms with E-state index in [1.54, 1.807) is 0 Å². The third-order valence-corrected chi connectivity index (χ3v) is 2.86. The molecule has 0 aliphatic carbocycles. The SMILES string of the molecule is C=CC(NCC)C(CC)(CC)OCC. The van der Waals surface area contributed by atoms with Gasteiger partial charge in [-0.3, -0.25) is 0 Å². The lowest BCUT2D eigenvalue weighted by atomic mass is 9.88. The summed E-state index contributed by atoms with van der Waals surface area (Å²) in [5.74, 6) is 0. The van der Waals surface area contributed by atoms with E-state index in [-0.39, 0.29) is 11.6 Å². The summed E-state index contributed by atoms with van der Waals surface area (Å²) in [4.78, 5) is 0. The van der Waals surface area contributed by atoms with Crippen LogP contribution in [-0.2, 0) is 4.74 Å². The van der Waals surface area contributed by atoms with Crippen LogP contribution < -0.4 is 5.32 Å². The van der Waals surface area contributed by atoms with Crippen LogP contribution in [0.1, 0.15) is 40.5 Å². The zero-order valence-electron chi connectivity index (χ0n) is 10.1. The minimum absolute atomic E-state index is 0.0769. The van der Waals surface area contributed by atoms with Crippen LogP contribution in [0.5, 0.6) is 0 Å². The highest BCUT2D eigenvalue weighted by atomic mass is 16.5. The number of likely N-dealkylation sites (N-methyl/N-ethyl adjacent to an activating group) is 1. The molecule has 0 aromatic carbocycles. The Balaban J connectivity index is 4.62. The molecule has 2 heteroatoms. The molecule has 0 rings (SSSR count). The fourth-order valence-corrected chi connectivity index (χ4v) is 1.98. The molecule has 0 saturated carbocycles. The van der Waals surface area contributed by atoms with Crippen LogP contribution in [0.2, 0.25) is 0 Å². The maximum absolute atomic E-state index is 5.90. The summed E-state index contributed by atoms with van der Waals surface area (Å²) < 4.78 is 5.90. The molecule has 0 spiro atoms. The smallest absolute Gasteiger partial charge is 0.0864 e. The fraction of sp³-hybridized carbons (Fsp3) is 0.833. The molecule has 0 aliphatic heterocycles. The van der Waals surface area contributed by atoms with Gasteiger partial charge in [-0.15, -0.1) is 6.58 Å². The lowest BCUT2D eigenvalue weighted by molar-refractivity contribution is -0.0608. The molecule has 1 atom stereocenters. The van der Waals surface area contributed by atoms with Gasteiger partial charge in [-0.1, -0.05) is 26.8 Å². The largest absolute Gasteiger partial charge is 0.373 e. The quantitative estimate of drug-likeness (QED) is 0.607. The van der Waals surface area contributed by atoms with E-state index in [0.717, 1.165) is 26.0 Å². The van der Waals surface area contributed by atoms with Crippen molar-refractivity contribution in [1.29, 1.82) is 0 Å². The molecule has 0 radical (unpaired) electrons. The van der Waals surface area contributed by atoms with Crippen molar-refractivity contribution < 1.29 is 4.74 Å². The molecular weight excluding hydrogens is 174 g/mol. The summed E-state index contributed by atoms with van der Waals surface area (Å²) in [7, 11) is 0. The van der Waals surface area contributed by atoms with Crippen molar-refractivity contribution in [2.75, 3.05) is 13.2 Å². The van der Waals surface area contributed by atoms with Gasteiger partial charge in [0.1, 0.15) is 0 Å². The Kier molecular flexibility index (Phi) is 6.85. The van der Waals surface area contributed by atoms with Gasteiger partial charge in [0.2, 0.25) is 0 Å². The van der Waals surface area contributed by atoms with Gasteiger partial charge in [0.05, 0.1) is 11.6 Å². The van der Waals surface area contributed by atoms with Gasteiger partial charge in [0, 0.05) is 6.61 Å². The van der Waals surface area contributed by atoms with E-state index < -0.39 is 0 Å². The first-order valence-corrected chi connectivity index (χ1v) is 5.70. The Morgan fingerprint density at radius 1 is 1.29 bits per heavy atom. The third kappa shape index (κ3) is 3.10. The Hall–Kier alpha value is -0.340. The minimum Gasteiger partial charge on any atom is -0.373 e. The van der Waals surface area contributed by atoms with Crippen molar-refractivity contribution in [2.24, 2.45) is 0 Å². The molecule has 2 nitrogen and oxygen atoms in total. The summed E-state index contributed by atoms with van der Waals surface area (Å²) in [5.41, 5.74) is -0.0769. The third-order valence-electron chi connectivity index (χ3n) is 2.86. The van der Waals surface area contributed by atoms with E-state index in [2.05, 4.69) is 32.7 Å². The second kappa shape index (κ2) is 7.02. The highest BCUT2D eigenvalue weighted by Gasteiger charge is 2.33. The van der Waals surface area contributed by atoms with Crippen LogP contribution in [0.15, 0.2) is 12.7 Å². The monoisotopic (exact) mass is 199 g/mol. The van der Waals surface area contributed by atoms with Crippen LogP contribution in [-0.4, -0.2) is 24.8 Å². The lowest BCUT2D eigenvalue weighted by Crippen LogP contribution is -2.50. The van der Waals surface area contributed by atoms with E-state index in [4.69, 9.17) is 4.74 Å². The number of hydrogen-bond acceptors (Lipinski definition) is 2. The average molecular weight is 199 g/mol. The summed E-state index contributed by atoms with van der Waals surface area (Å²) >= 11 is 0. The molecule has 0 aromatic heterocycles. The molecule has 84 valence electrons. The van der Waals surface area contributed by atoms with Gasteiger partial charge in [-0.2, -0.15) is 0 Å². The van der Waals surface area contributed by atoms with Crippen molar-refractivity contribution in [1.82, 2.24) is 5.32 Å². The molecule has 0 saturated heterocycles. The molecule has 0 bridgehead atoms. The lowest BCUT2D eigenvalue weighted by Gasteiger charge is -2.38. The van der Waals surface area contributed by atoms with E-state index in [0.29, 0.717) is 0 Å². The average Bonchev–Trinajstić information content (AvgIpc) is 2.23. The second-order valence-corrected chi connectivity index (χ2v) is 3.48. The van der Waals surface area contributed by atoms with Gasteiger partial charge < -0.3 is 10.1 Å². The Morgan fingerprint density at radius 3 is 2.14 bits per heavy atom. The van der Waals surface area contributed by atoms with Crippen LogP contribution in [0.3, 0.4) is 0 Å². The molecule has 0 fully saturated rings. The van der Waals surface area contributed by atoms with E-state index >= 15 is 0 Å². The standard InChI is InChI=1S/C12H25NO/c1-6-11(13-9-4)12(7-2,8-3)14-10-5/h6,11,13H,1,7-10H2,2-5H3. The fourth-order valence-electron chi connectivity index (χ4n) is 1.98. The predicted octanol–water partition coefficient (Wildman–Crippen LogP) is 2.75. The molecule has 1 unspecified atom stereocenters. The van der Waals surface area contributed by atoms with Gasteiger partial charge >= 0.3 is 0 Å². The number of ether oxygens (including phenoxy) is 1. The first kappa shape index (κ1) is 13.7. The molecule has 1 N–H and O–H groups in total. The Bertz CT molecular complexity index is 152. The summed E-state index contributed by atoms with van der Waals surface area (Å²) in [6, 6.07) is 0.252. The van der Waals surface area contributed by atoms with E-state index in [1.165, 1.54) is 0 Å². The number of hydrogen-bond donors (Lipinski definition) is 1. The first-order valence-electron chi connectivity index (χ1n) is 5.70. The van der Waals surface area contributed by atoms with Crippen molar-refractivity contribution in [3.63, 3.8) is 0 Å². The predicted molar refractivity (Wildman–Crippen MR) is 62.6 cm³/mol. The molecule has 0 aliphatic rings. The molecule has 0 amide bonds. The van der Waals surface area contributed by atoms with Crippen molar-refractivity contribution >= 4 is 0 Å². The molecule has 0 heterocycles. The topological polar surface area (TPSA) is 21.3 Å². The van der Waals surface area contributed by atoms with Gasteiger partial charge in [-0.05, 0) is 26.3 Å². The van der Waals surface area contributed by atoms with Crippen LogP contribution >= 0.6 is 0 Å². The minimum atomic E-state index is -0.0769. The Morgan fingerprint density at radius 2 is 1.86 bits per heavy atom. The van der Waals surface area contributed by atoms with Crippen LogP contribution in [0.25, 0.3) is 0 Å². The Labute approximate surface area is 88.7 Å². The van der Waals surface area contributed by atoms with Crippen molar-refractivity contribution in [2.45, 2.75) is 52.2 Å². The maximum atomic E-state index is 5.90. The zero-order valence-corrected chi connectivity index (χ0v) is 10.1. The van der Waals surface area contributed by atoms with Gasteiger partial charge in [-0.25, -0.2) is 0 Å². The molecular formula is C12H25NO. The van der Waals surface area contributed by atoms with Crippen molar-refractivity contribution in [3.8, 4) is 0 Å². The normalized spacial score (nSPS) is 14.0. The second-order valence-electron chi connectivity index (χ2n) is 3.48. The highest BCUT2D eigenvalue weighted by Crippen LogP contribution is 2.25. The first-order chi connectivity index (χ1) is 6.70. The van der Waals surface area contributed by atoms with Gasteiger partial charge in [0.15, 0.2) is 0 Å². The van der Waals surface area contributed by atoms with Crippen molar-refractivity contribution in [3.05, 3.63) is 12.7 Å².